The van der Waals surface area contributed by atoms with E-state index in [1.54, 1.807) is 19.2 Å². The van der Waals surface area contributed by atoms with Crippen LogP contribution in [-0.4, -0.2) is 48.8 Å². The van der Waals surface area contributed by atoms with Gasteiger partial charge in [0.25, 0.3) is 17.0 Å². The van der Waals surface area contributed by atoms with Crippen molar-refractivity contribution in [2.24, 2.45) is 14.1 Å². The monoisotopic (exact) mass is 461 g/mol. The van der Waals surface area contributed by atoms with E-state index >= 15 is 0 Å². The van der Waals surface area contributed by atoms with Crippen LogP contribution in [0, 0.1) is 6.92 Å². The Labute approximate surface area is 184 Å². The molecule has 5 rings (SSSR count). The number of aliphatic hydroxyl groups excluding tert-OH is 1. The average molecular weight is 462 g/mol. The number of aromatic nitrogens is 3. The van der Waals surface area contributed by atoms with Gasteiger partial charge in [0.2, 0.25) is 5.76 Å². The fourth-order valence-corrected chi connectivity index (χ4v) is 4.98. The fourth-order valence-electron chi connectivity index (χ4n) is 3.98. The molecule has 1 N–H and O–H groups in total. The molecule has 0 radical (unpaired) electrons. The maximum absolute atomic E-state index is 13.3. The van der Waals surface area contributed by atoms with E-state index in [0.29, 0.717) is 39.2 Å². The smallest absolute Gasteiger partial charge is 0.331 e. The molecule has 1 atom stereocenters. The van der Waals surface area contributed by atoms with Crippen LogP contribution >= 0.6 is 22.9 Å². The van der Waals surface area contributed by atoms with Crippen molar-refractivity contribution in [3.63, 3.8) is 0 Å². The SMILES string of the molecule is Cc1csc(C2=[N+]3CC(CO)OC(c4ccc(Cl)o4)=C3c3c2c(=O)n(C)c(=O)n3C)n1. The van der Waals surface area contributed by atoms with Gasteiger partial charge in [-0.3, -0.25) is 13.9 Å². The van der Waals surface area contributed by atoms with E-state index in [9.17, 15) is 14.7 Å². The van der Waals surface area contributed by atoms with Crippen LogP contribution in [0.4, 0.5) is 0 Å². The number of hydrogen-bond donors (Lipinski definition) is 1. The first-order chi connectivity index (χ1) is 14.8. The van der Waals surface area contributed by atoms with Crippen molar-refractivity contribution in [2.45, 2.75) is 13.0 Å². The highest BCUT2D eigenvalue weighted by Gasteiger charge is 2.49. The van der Waals surface area contributed by atoms with Gasteiger partial charge in [-0.15, -0.1) is 11.3 Å². The van der Waals surface area contributed by atoms with Crippen LogP contribution in [0.25, 0.3) is 11.5 Å². The Kier molecular flexibility index (Phi) is 4.54. The number of rotatable bonds is 3. The van der Waals surface area contributed by atoms with Crippen LogP contribution in [0.15, 0.2) is 31.5 Å². The van der Waals surface area contributed by atoms with Gasteiger partial charge in [-0.1, -0.05) is 0 Å². The molecule has 2 aliphatic heterocycles. The number of hydrogen-bond acceptors (Lipinski definition) is 7. The van der Waals surface area contributed by atoms with Crippen molar-refractivity contribution in [2.75, 3.05) is 13.2 Å². The quantitative estimate of drug-likeness (QED) is 0.587. The number of aryl methyl sites for hydroxylation is 1. The van der Waals surface area contributed by atoms with E-state index in [1.165, 1.54) is 23.0 Å². The molecule has 0 saturated carbocycles. The fraction of sp³-hybridized carbons (Fsp3) is 0.300. The number of ether oxygens (including phenoxy) is 1. The zero-order valence-corrected chi connectivity index (χ0v) is 18.5. The molecule has 0 bridgehead atoms. The van der Waals surface area contributed by atoms with Gasteiger partial charge in [0.05, 0.1) is 6.61 Å². The summed E-state index contributed by atoms with van der Waals surface area (Å²) >= 11 is 7.40. The standard InChI is InChI=1S/C20H18ClN4O5S/c1-9-8-31-18(22-9)15-13-14(23(2)20(28)24(3)19(13)27)16-17(11-4-5-12(21)30-11)29-10(7-26)6-25(15)16/h4-5,8,10,26H,6-7H2,1-3H3/q+1. The van der Waals surface area contributed by atoms with Gasteiger partial charge >= 0.3 is 5.69 Å². The molecule has 0 aliphatic carbocycles. The first-order valence-corrected chi connectivity index (χ1v) is 10.7. The van der Waals surface area contributed by atoms with E-state index in [4.69, 9.17) is 20.8 Å². The molecule has 9 nitrogen and oxygen atoms in total. The minimum absolute atomic E-state index is 0.167. The van der Waals surface area contributed by atoms with Gasteiger partial charge in [-0.05, 0) is 30.7 Å². The molecule has 2 aliphatic rings. The van der Waals surface area contributed by atoms with E-state index in [0.717, 1.165) is 10.3 Å². The number of halogens is 1. The van der Waals surface area contributed by atoms with Crippen molar-refractivity contribution in [1.82, 2.24) is 14.1 Å². The predicted octanol–water partition coefficient (Wildman–Crippen LogP) is 1.18. The summed E-state index contributed by atoms with van der Waals surface area (Å²) in [6.07, 6.45) is -0.589. The normalized spacial score (nSPS) is 17.8. The van der Waals surface area contributed by atoms with Gasteiger partial charge in [-0.25, -0.2) is 9.78 Å². The molecule has 1 unspecified atom stereocenters. The maximum atomic E-state index is 13.3. The third-order valence-corrected chi connectivity index (χ3v) is 6.54. The van der Waals surface area contributed by atoms with E-state index in [-0.39, 0.29) is 18.4 Å². The molecule has 160 valence electrons. The third-order valence-electron chi connectivity index (χ3n) is 5.37. The van der Waals surface area contributed by atoms with E-state index in [2.05, 4.69) is 4.98 Å². The van der Waals surface area contributed by atoms with Crippen molar-refractivity contribution in [3.05, 3.63) is 71.3 Å². The summed E-state index contributed by atoms with van der Waals surface area (Å²) in [7, 11) is 3.05. The first kappa shape index (κ1) is 20.0. The lowest BCUT2D eigenvalue weighted by Crippen LogP contribution is -2.41. The average Bonchev–Trinajstić information content (AvgIpc) is 3.46. The number of furan rings is 1. The zero-order valence-electron chi connectivity index (χ0n) is 16.9. The summed E-state index contributed by atoms with van der Waals surface area (Å²) in [6.45, 7) is 1.89. The highest BCUT2D eigenvalue weighted by atomic mass is 35.5. The summed E-state index contributed by atoms with van der Waals surface area (Å²) < 4.78 is 16.0. The molecule has 3 aromatic rings. The van der Waals surface area contributed by atoms with Gasteiger partial charge < -0.3 is 14.3 Å². The number of thiazole rings is 1. The molecule has 0 amide bonds. The lowest BCUT2D eigenvalue weighted by molar-refractivity contribution is -0.449. The van der Waals surface area contributed by atoms with Gasteiger partial charge in [0.1, 0.15) is 11.3 Å². The van der Waals surface area contributed by atoms with Crippen molar-refractivity contribution < 1.29 is 18.8 Å². The Morgan fingerprint density at radius 2 is 2.10 bits per heavy atom. The number of fused-ring (bicyclic) bond motifs is 3. The van der Waals surface area contributed by atoms with Crippen molar-refractivity contribution in [1.29, 1.82) is 0 Å². The van der Waals surface area contributed by atoms with E-state index < -0.39 is 17.4 Å². The molecular weight excluding hydrogens is 444 g/mol. The Morgan fingerprint density at radius 3 is 2.71 bits per heavy atom. The lowest BCUT2D eigenvalue weighted by Gasteiger charge is -2.22. The molecule has 0 saturated heterocycles. The van der Waals surface area contributed by atoms with Crippen LogP contribution in [0.1, 0.15) is 27.7 Å². The van der Waals surface area contributed by atoms with Crippen LogP contribution in [0.3, 0.4) is 0 Å². The molecule has 0 aromatic carbocycles. The van der Waals surface area contributed by atoms with Gasteiger partial charge in [0, 0.05) is 25.2 Å². The van der Waals surface area contributed by atoms with E-state index in [1.807, 2.05) is 16.9 Å². The molecule has 0 fully saturated rings. The van der Waals surface area contributed by atoms with Crippen LogP contribution in [0.2, 0.25) is 5.22 Å². The largest absolute Gasteiger partial charge is 0.472 e. The Morgan fingerprint density at radius 1 is 1.32 bits per heavy atom. The first-order valence-electron chi connectivity index (χ1n) is 9.47. The Hall–Kier alpha value is -2.95. The molecule has 3 aromatic heterocycles. The molecule has 0 spiro atoms. The second-order valence-corrected chi connectivity index (χ2v) is 8.62. The molecule has 11 heteroatoms. The molecule has 31 heavy (non-hydrogen) atoms. The lowest BCUT2D eigenvalue weighted by atomic mass is 10.1. The van der Waals surface area contributed by atoms with Crippen LogP contribution < -0.4 is 11.2 Å². The second-order valence-electron chi connectivity index (χ2n) is 7.39. The van der Waals surface area contributed by atoms with Gasteiger partial charge in [-0.2, -0.15) is 4.58 Å². The minimum atomic E-state index is -0.589. The van der Waals surface area contributed by atoms with Gasteiger partial charge in [0.15, 0.2) is 28.6 Å². The summed E-state index contributed by atoms with van der Waals surface area (Å²) in [5.41, 5.74) is 1.77. The summed E-state index contributed by atoms with van der Waals surface area (Å²) in [5.74, 6) is 0.628. The van der Waals surface area contributed by atoms with Crippen molar-refractivity contribution >= 4 is 40.1 Å². The number of aliphatic hydroxyl groups is 1. The molecular formula is C20H18ClN4O5S+. The van der Waals surface area contributed by atoms with Crippen LogP contribution in [-0.2, 0) is 18.8 Å². The summed E-state index contributed by atoms with van der Waals surface area (Å²) in [6, 6.07) is 3.22. The number of nitrogens with zero attached hydrogens (tertiary/aromatic N) is 4. The highest BCUT2D eigenvalue weighted by molar-refractivity contribution is 7.12. The Bertz CT molecular complexity index is 1420. The topological polar surface area (TPSA) is 103 Å². The third kappa shape index (κ3) is 2.86. The summed E-state index contributed by atoms with van der Waals surface area (Å²) in [4.78, 5) is 30.7. The molecule has 5 heterocycles. The van der Waals surface area contributed by atoms with Crippen LogP contribution in [0.5, 0.6) is 0 Å². The Balaban J connectivity index is 1.96. The highest BCUT2D eigenvalue weighted by Crippen LogP contribution is 2.39. The van der Waals surface area contributed by atoms with Crippen molar-refractivity contribution in [3.8, 4) is 0 Å². The summed E-state index contributed by atoms with van der Waals surface area (Å²) in [5, 5.41) is 12.6. The second kappa shape index (κ2) is 7.04. The minimum Gasteiger partial charge on any atom is -0.472 e. The zero-order chi connectivity index (χ0) is 22.0. The maximum Gasteiger partial charge on any atom is 0.331 e. The predicted molar refractivity (Wildman–Crippen MR) is 115 cm³/mol.